The van der Waals surface area contributed by atoms with Gasteiger partial charge in [-0.1, -0.05) is 23.7 Å². The van der Waals surface area contributed by atoms with Gasteiger partial charge in [-0.2, -0.15) is 0 Å². The number of nitrogens with zero attached hydrogens (tertiary/aromatic N) is 2. The Hall–Kier alpha value is -2.37. The lowest BCUT2D eigenvalue weighted by Crippen LogP contribution is -2.27. The summed E-state index contributed by atoms with van der Waals surface area (Å²) in [6.07, 6.45) is 0. The predicted molar refractivity (Wildman–Crippen MR) is 92.5 cm³/mol. The van der Waals surface area contributed by atoms with Gasteiger partial charge < -0.3 is 14.8 Å². The fourth-order valence-electron chi connectivity index (χ4n) is 2.85. The molecule has 24 heavy (non-hydrogen) atoms. The molecule has 1 atom stereocenters. The summed E-state index contributed by atoms with van der Waals surface area (Å²) in [6, 6.07) is 11.7. The van der Waals surface area contributed by atoms with Crippen molar-refractivity contribution < 1.29 is 15.0 Å². The van der Waals surface area contributed by atoms with E-state index in [9.17, 15) is 15.0 Å². The number of aryl methyl sites for hydroxylation is 1. The Morgan fingerprint density at radius 1 is 1.25 bits per heavy atom. The third kappa shape index (κ3) is 2.66. The highest BCUT2D eigenvalue weighted by Crippen LogP contribution is 2.32. The normalized spacial score (nSPS) is 13.8. The summed E-state index contributed by atoms with van der Waals surface area (Å²) in [6.45, 7) is 4.15. The first-order chi connectivity index (χ1) is 11.3. The van der Waals surface area contributed by atoms with Crippen LogP contribution in [0.25, 0.3) is 11.0 Å². The summed E-state index contributed by atoms with van der Waals surface area (Å²) < 4.78 is 1.83. The molecule has 0 radical (unpaired) electrons. The van der Waals surface area contributed by atoms with Crippen molar-refractivity contribution in [2.45, 2.75) is 26.0 Å². The van der Waals surface area contributed by atoms with Crippen LogP contribution in [-0.4, -0.2) is 25.7 Å². The van der Waals surface area contributed by atoms with Crippen LogP contribution in [-0.2, 0) is 12.1 Å². The van der Waals surface area contributed by atoms with Gasteiger partial charge in [0.1, 0.15) is 11.4 Å². The highest BCUT2D eigenvalue weighted by atomic mass is 35.5. The number of aliphatic hydroxyl groups is 1. The molecule has 1 unspecified atom stereocenters. The van der Waals surface area contributed by atoms with Crippen molar-refractivity contribution in [1.82, 2.24) is 9.55 Å². The zero-order valence-corrected chi connectivity index (χ0v) is 14.1. The summed E-state index contributed by atoms with van der Waals surface area (Å²) in [4.78, 5) is 15.8. The van der Waals surface area contributed by atoms with E-state index in [0.717, 1.165) is 0 Å². The third-order valence-electron chi connectivity index (χ3n) is 4.15. The van der Waals surface area contributed by atoms with E-state index >= 15 is 0 Å². The number of aromatic carboxylic acids is 1. The molecule has 124 valence electrons. The van der Waals surface area contributed by atoms with Gasteiger partial charge in [-0.25, -0.2) is 9.78 Å². The summed E-state index contributed by atoms with van der Waals surface area (Å²) in [5.41, 5.74) is 0.848. The number of hydrogen-bond donors (Lipinski definition) is 2. The molecule has 0 aliphatic rings. The molecule has 3 rings (SSSR count). The minimum atomic E-state index is -1.33. The quantitative estimate of drug-likeness (QED) is 0.757. The maximum Gasteiger partial charge on any atom is 0.335 e. The minimum Gasteiger partial charge on any atom is -0.478 e. The second kappa shape index (κ2) is 5.92. The van der Waals surface area contributed by atoms with Gasteiger partial charge in [0, 0.05) is 11.6 Å². The number of rotatable bonds is 4. The molecule has 6 heteroatoms. The van der Waals surface area contributed by atoms with Gasteiger partial charge in [-0.05, 0) is 49.7 Å². The van der Waals surface area contributed by atoms with Gasteiger partial charge in [0.2, 0.25) is 0 Å². The number of carbonyl (C=O) groups is 1. The molecular weight excluding hydrogens is 328 g/mol. The highest BCUT2D eigenvalue weighted by Gasteiger charge is 2.32. The summed E-state index contributed by atoms with van der Waals surface area (Å²) in [5.74, 6) is -0.531. The molecule has 0 amide bonds. The van der Waals surface area contributed by atoms with Crippen LogP contribution in [0, 0.1) is 0 Å². The van der Waals surface area contributed by atoms with Crippen LogP contribution in [0.5, 0.6) is 0 Å². The lowest BCUT2D eigenvalue weighted by atomic mass is 9.95. The van der Waals surface area contributed by atoms with E-state index in [0.29, 0.717) is 34.0 Å². The highest BCUT2D eigenvalue weighted by molar-refractivity contribution is 6.30. The van der Waals surface area contributed by atoms with Crippen molar-refractivity contribution in [2.75, 3.05) is 0 Å². The Labute approximate surface area is 144 Å². The van der Waals surface area contributed by atoms with Crippen molar-refractivity contribution >= 4 is 28.6 Å². The molecule has 0 aliphatic carbocycles. The SMILES string of the molecule is CCn1c(C(C)(O)c2ccc(Cl)cc2)nc2ccc(C(=O)O)cc21. The Kier molecular flexibility index (Phi) is 4.07. The molecule has 2 N–H and O–H groups in total. The topological polar surface area (TPSA) is 75.3 Å². The Bertz CT molecular complexity index is 914. The average Bonchev–Trinajstić information content (AvgIpc) is 2.93. The number of hydrogen-bond acceptors (Lipinski definition) is 3. The van der Waals surface area contributed by atoms with Gasteiger partial charge in [0.25, 0.3) is 0 Å². The molecule has 5 nitrogen and oxygen atoms in total. The van der Waals surface area contributed by atoms with Crippen molar-refractivity contribution in [3.8, 4) is 0 Å². The second-order valence-corrected chi connectivity index (χ2v) is 6.20. The minimum absolute atomic E-state index is 0.190. The molecule has 0 saturated heterocycles. The Morgan fingerprint density at radius 2 is 1.92 bits per heavy atom. The maximum absolute atomic E-state index is 11.2. The zero-order chi connectivity index (χ0) is 17.5. The zero-order valence-electron chi connectivity index (χ0n) is 13.3. The van der Waals surface area contributed by atoms with E-state index in [1.54, 1.807) is 43.3 Å². The van der Waals surface area contributed by atoms with Crippen LogP contribution >= 0.6 is 11.6 Å². The first-order valence-electron chi connectivity index (χ1n) is 7.57. The van der Waals surface area contributed by atoms with Crippen LogP contribution in [0.15, 0.2) is 42.5 Å². The summed E-state index contributed by atoms with van der Waals surface area (Å²) in [5, 5.41) is 20.9. The third-order valence-corrected chi connectivity index (χ3v) is 4.41. The average molecular weight is 345 g/mol. The first kappa shape index (κ1) is 16.5. The number of carboxylic acids is 1. The van der Waals surface area contributed by atoms with Crippen LogP contribution in [0.3, 0.4) is 0 Å². The van der Waals surface area contributed by atoms with E-state index < -0.39 is 11.6 Å². The van der Waals surface area contributed by atoms with E-state index in [4.69, 9.17) is 11.6 Å². The van der Waals surface area contributed by atoms with Gasteiger partial charge >= 0.3 is 5.97 Å². The van der Waals surface area contributed by atoms with Crippen LogP contribution in [0.2, 0.25) is 5.02 Å². The van der Waals surface area contributed by atoms with Crippen molar-refractivity contribution in [1.29, 1.82) is 0 Å². The van der Waals surface area contributed by atoms with Gasteiger partial charge in [0.15, 0.2) is 0 Å². The van der Waals surface area contributed by atoms with Gasteiger partial charge in [-0.15, -0.1) is 0 Å². The maximum atomic E-state index is 11.2. The molecule has 0 bridgehead atoms. The lowest BCUT2D eigenvalue weighted by Gasteiger charge is -2.24. The van der Waals surface area contributed by atoms with Crippen molar-refractivity contribution in [3.05, 3.63) is 64.4 Å². The standard InChI is InChI=1S/C18H17ClN2O3/c1-3-21-15-10-11(16(22)23)4-9-14(15)20-17(21)18(2,24)12-5-7-13(19)8-6-12/h4-10,24H,3H2,1-2H3,(H,22,23). The van der Waals surface area contributed by atoms with E-state index in [1.807, 2.05) is 11.5 Å². The molecule has 1 aromatic heterocycles. The molecule has 1 heterocycles. The van der Waals surface area contributed by atoms with Crippen LogP contribution in [0.4, 0.5) is 0 Å². The number of halogens is 1. The van der Waals surface area contributed by atoms with Gasteiger partial charge in [0.05, 0.1) is 16.6 Å². The van der Waals surface area contributed by atoms with Gasteiger partial charge in [-0.3, -0.25) is 0 Å². The number of benzene rings is 2. The molecule has 0 saturated carbocycles. The van der Waals surface area contributed by atoms with Crippen LogP contribution < -0.4 is 0 Å². The van der Waals surface area contributed by atoms with E-state index in [-0.39, 0.29) is 5.56 Å². The predicted octanol–water partition coefficient (Wildman–Crippen LogP) is 3.66. The van der Waals surface area contributed by atoms with Crippen LogP contribution in [0.1, 0.15) is 35.6 Å². The first-order valence-corrected chi connectivity index (χ1v) is 7.95. The smallest absolute Gasteiger partial charge is 0.335 e. The van der Waals surface area contributed by atoms with E-state index in [2.05, 4.69) is 4.98 Å². The molecule has 3 aromatic rings. The fraction of sp³-hybridized carbons (Fsp3) is 0.222. The number of fused-ring (bicyclic) bond motifs is 1. The number of imidazole rings is 1. The molecular formula is C18H17ClN2O3. The second-order valence-electron chi connectivity index (χ2n) is 5.77. The molecule has 0 fully saturated rings. The summed E-state index contributed by atoms with van der Waals surface area (Å²) in [7, 11) is 0. The largest absolute Gasteiger partial charge is 0.478 e. The lowest BCUT2D eigenvalue weighted by molar-refractivity contribution is 0.0697. The molecule has 0 aliphatic heterocycles. The van der Waals surface area contributed by atoms with Crippen molar-refractivity contribution in [3.63, 3.8) is 0 Å². The van der Waals surface area contributed by atoms with Crippen molar-refractivity contribution in [2.24, 2.45) is 0 Å². The fourth-order valence-corrected chi connectivity index (χ4v) is 2.98. The molecule has 2 aromatic carbocycles. The summed E-state index contributed by atoms with van der Waals surface area (Å²) >= 11 is 5.92. The molecule has 0 spiro atoms. The number of aromatic nitrogens is 2. The Morgan fingerprint density at radius 3 is 2.50 bits per heavy atom. The number of carboxylic acid groups (broad SMARTS) is 1. The monoisotopic (exact) mass is 344 g/mol. The van der Waals surface area contributed by atoms with E-state index in [1.165, 1.54) is 6.07 Å². The Balaban J connectivity index is 2.21.